The van der Waals surface area contributed by atoms with Gasteiger partial charge in [0.1, 0.15) is 12.4 Å². The minimum atomic E-state index is -0.899. The molecule has 0 saturated carbocycles. The lowest BCUT2D eigenvalue weighted by Gasteiger charge is -2.09. The van der Waals surface area contributed by atoms with Crippen LogP contribution in [-0.4, -0.2) is 17.5 Å². The standard InChI is InChI=1S/C23H18Cl3N3O3/c1-14(28-29-23(31)22(30)27-19-4-2-3-17(24)11-19)15-6-9-20(10-7-15)32-13-16-5-8-18(25)12-21(16)26/h2-12H,13H2,1H3,(H,27,30)(H,29,31)/b28-14+. The van der Waals surface area contributed by atoms with Crippen molar-refractivity contribution in [1.29, 1.82) is 0 Å². The van der Waals surface area contributed by atoms with E-state index in [2.05, 4.69) is 15.8 Å². The summed E-state index contributed by atoms with van der Waals surface area (Å²) in [6.45, 7) is 2.00. The molecule has 0 aliphatic carbocycles. The zero-order valence-corrected chi connectivity index (χ0v) is 19.1. The third-order valence-corrected chi connectivity index (χ3v) is 5.12. The molecule has 0 fully saturated rings. The van der Waals surface area contributed by atoms with Gasteiger partial charge in [0, 0.05) is 26.3 Å². The number of rotatable bonds is 6. The Balaban J connectivity index is 1.54. The van der Waals surface area contributed by atoms with Crippen molar-refractivity contribution in [2.45, 2.75) is 13.5 Å². The Labute approximate surface area is 200 Å². The third-order valence-electron chi connectivity index (χ3n) is 4.30. The normalized spacial score (nSPS) is 11.1. The van der Waals surface area contributed by atoms with Crippen molar-refractivity contribution in [2.75, 3.05) is 5.32 Å². The maximum atomic E-state index is 12.0. The number of hydrazone groups is 1. The van der Waals surface area contributed by atoms with Crippen LogP contribution in [0.5, 0.6) is 5.75 Å². The molecule has 0 atom stereocenters. The summed E-state index contributed by atoms with van der Waals surface area (Å²) in [5.74, 6) is -1.12. The molecule has 3 aromatic rings. The second kappa shape index (κ2) is 11.0. The quantitative estimate of drug-likeness (QED) is 0.264. The first kappa shape index (κ1) is 23.6. The van der Waals surface area contributed by atoms with Gasteiger partial charge in [-0.2, -0.15) is 5.10 Å². The van der Waals surface area contributed by atoms with Crippen LogP contribution in [0.1, 0.15) is 18.1 Å². The van der Waals surface area contributed by atoms with Crippen LogP contribution in [0.3, 0.4) is 0 Å². The smallest absolute Gasteiger partial charge is 0.329 e. The molecule has 0 saturated heterocycles. The Bertz CT molecular complexity index is 1160. The Morgan fingerprint density at radius 3 is 2.31 bits per heavy atom. The van der Waals surface area contributed by atoms with Crippen molar-refractivity contribution < 1.29 is 14.3 Å². The highest BCUT2D eigenvalue weighted by atomic mass is 35.5. The van der Waals surface area contributed by atoms with Crippen molar-refractivity contribution >= 4 is 58.0 Å². The first-order valence-electron chi connectivity index (χ1n) is 9.40. The summed E-state index contributed by atoms with van der Waals surface area (Å²) in [4.78, 5) is 24.0. The number of halogens is 3. The molecule has 6 nitrogen and oxygen atoms in total. The van der Waals surface area contributed by atoms with Crippen LogP contribution in [0.2, 0.25) is 15.1 Å². The fraction of sp³-hybridized carbons (Fsp3) is 0.0870. The number of nitrogens with zero attached hydrogens (tertiary/aromatic N) is 1. The maximum Gasteiger partial charge on any atom is 0.329 e. The van der Waals surface area contributed by atoms with E-state index >= 15 is 0 Å². The van der Waals surface area contributed by atoms with E-state index in [4.69, 9.17) is 39.5 Å². The van der Waals surface area contributed by atoms with Gasteiger partial charge in [0.05, 0.1) is 5.71 Å². The average Bonchev–Trinajstić information content (AvgIpc) is 2.77. The lowest BCUT2D eigenvalue weighted by atomic mass is 10.1. The number of hydrogen-bond donors (Lipinski definition) is 2. The maximum absolute atomic E-state index is 12.0. The van der Waals surface area contributed by atoms with Crippen molar-refractivity contribution in [1.82, 2.24) is 5.43 Å². The molecule has 2 N–H and O–H groups in total. The second-order valence-electron chi connectivity index (χ2n) is 6.65. The zero-order valence-electron chi connectivity index (χ0n) is 16.9. The summed E-state index contributed by atoms with van der Waals surface area (Å²) >= 11 is 17.9. The van der Waals surface area contributed by atoms with Gasteiger partial charge in [-0.15, -0.1) is 0 Å². The molecule has 0 aliphatic heterocycles. The highest BCUT2D eigenvalue weighted by molar-refractivity contribution is 6.40. The zero-order chi connectivity index (χ0) is 23.1. The monoisotopic (exact) mass is 489 g/mol. The highest BCUT2D eigenvalue weighted by Crippen LogP contribution is 2.23. The molecular formula is C23H18Cl3N3O3. The molecule has 3 aromatic carbocycles. The number of carbonyl (C=O) groups is 2. The van der Waals surface area contributed by atoms with E-state index in [1.165, 1.54) is 6.07 Å². The van der Waals surface area contributed by atoms with Crippen LogP contribution in [0.25, 0.3) is 0 Å². The van der Waals surface area contributed by atoms with Gasteiger partial charge in [-0.25, -0.2) is 5.43 Å². The van der Waals surface area contributed by atoms with E-state index in [0.29, 0.717) is 38.8 Å². The molecule has 0 bridgehead atoms. The SMILES string of the molecule is C/C(=N\NC(=O)C(=O)Nc1cccc(Cl)c1)c1ccc(OCc2ccc(Cl)cc2Cl)cc1. The van der Waals surface area contributed by atoms with Crippen LogP contribution < -0.4 is 15.5 Å². The Kier molecular flexibility index (Phi) is 8.11. The Morgan fingerprint density at radius 2 is 1.62 bits per heavy atom. The largest absolute Gasteiger partial charge is 0.489 e. The molecule has 0 aromatic heterocycles. The number of carbonyl (C=O) groups excluding carboxylic acids is 2. The fourth-order valence-corrected chi connectivity index (χ4v) is 3.25. The van der Waals surface area contributed by atoms with Crippen LogP contribution >= 0.6 is 34.8 Å². The summed E-state index contributed by atoms with van der Waals surface area (Å²) in [7, 11) is 0. The van der Waals surface area contributed by atoms with Crippen LogP contribution in [0.4, 0.5) is 5.69 Å². The third kappa shape index (κ3) is 6.72. The number of hydrogen-bond acceptors (Lipinski definition) is 4. The molecule has 0 unspecified atom stereocenters. The molecule has 3 rings (SSSR count). The summed E-state index contributed by atoms with van der Waals surface area (Å²) in [6.07, 6.45) is 0. The van der Waals surface area contributed by atoms with E-state index in [1.807, 2.05) is 0 Å². The minimum Gasteiger partial charge on any atom is -0.489 e. The summed E-state index contributed by atoms with van der Waals surface area (Å²) in [6, 6.07) is 18.8. The van der Waals surface area contributed by atoms with Gasteiger partial charge < -0.3 is 10.1 Å². The molecule has 2 amide bonds. The Morgan fingerprint density at radius 1 is 0.906 bits per heavy atom. The average molecular weight is 491 g/mol. The minimum absolute atomic E-state index is 0.292. The number of amides is 2. The van der Waals surface area contributed by atoms with E-state index in [0.717, 1.165) is 11.1 Å². The molecule has 32 heavy (non-hydrogen) atoms. The Hall–Kier alpha value is -3.06. The lowest BCUT2D eigenvalue weighted by molar-refractivity contribution is -0.136. The fourth-order valence-electron chi connectivity index (χ4n) is 2.60. The predicted molar refractivity (Wildman–Crippen MR) is 128 cm³/mol. The molecule has 164 valence electrons. The van der Waals surface area contributed by atoms with E-state index in [-0.39, 0.29) is 0 Å². The van der Waals surface area contributed by atoms with Gasteiger partial charge in [-0.3, -0.25) is 9.59 Å². The van der Waals surface area contributed by atoms with Crippen molar-refractivity contribution in [3.8, 4) is 5.75 Å². The molecule has 0 spiro atoms. The van der Waals surface area contributed by atoms with Gasteiger partial charge in [0.25, 0.3) is 0 Å². The van der Waals surface area contributed by atoms with Gasteiger partial charge in [0.2, 0.25) is 0 Å². The number of nitrogens with one attached hydrogen (secondary N) is 2. The predicted octanol–water partition coefficient (Wildman–Crippen LogP) is 5.70. The molecule has 9 heteroatoms. The van der Waals surface area contributed by atoms with Crippen LogP contribution in [-0.2, 0) is 16.2 Å². The molecule has 0 heterocycles. The molecule has 0 aliphatic rings. The number of benzene rings is 3. The highest BCUT2D eigenvalue weighted by Gasteiger charge is 2.13. The summed E-state index contributed by atoms with van der Waals surface area (Å²) in [5.41, 5.74) is 4.72. The lowest BCUT2D eigenvalue weighted by Crippen LogP contribution is -2.32. The van der Waals surface area contributed by atoms with E-state index < -0.39 is 11.8 Å². The van der Waals surface area contributed by atoms with Crippen molar-refractivity contribution in [3.05, 3.63) is 92.9 Å². The summed E-state index contributed by atoms with van der Waals surface area (Å²) < 4.78 is 5.74. The van der Waals surface area contributed by atoms with Crippen molar-refractivity contribution in [2.24, 2.45) is 5.10 Å². The van der Waals surface area contributed by atoms with Gasteiger partial charge >= 0.3 is 11.8 Å². The van der Waals surface area contributed by atoms with E-state index in [9.17, 15) is 9.59 Å². The van der Waals surface area contributed by atoms with Gasteiger partial charge in [0.15, 0.2) is 0 Å². The van der Waals surface area contributed by atoms with E-state index in [1.54, 1.807) is 67.6 Å². The van der Waals surface area contributed by atoms with Crippen LogP contribution in [0.15, 0.2) is 71.8 Å². The summed E-state index contributed by atoms with van der Waals surface area (Å²) in [5, 5.41) is 7.97. The first-order chi connectivity index (χ1) is 15.3. The van der Waals surface area contributed by atoms with Crippen molar-refractivity contribution in [3.63, 3.8) is 0 Å². The number of anilines is 1. The van der Waals surface area contributed by atoms with Gasteiger partial charge in [-0.1, -0.05) is 46.9 Å². The first-order valence-corrected chi connectivity index (χ1v) is 10.5. The van der Waals surface area contributed by atoms with Gasteiger partial charge in [-0.05, 0) is 67.1 Å². The molecular weight excluding hydrogens is 473 g/mol. The molecule has 0 radical (unpaired) electrons. The van der Waals surface area contributed by atoms with Crippen LogP contribution in [0, 0.1) is 0 Å². The topological polar surface area (TPSA) is 79.8 Å². The second-order valence-corrected chi connectivity index (χ2v) is 7.93. The number of ether oxygens (including phenoxy) is 1.